The third kappa shape index (κ3) is 25.8. The van der Waals surface area contributed by atoms with E-state index in [1.54, 1.807) is 0 Å². The maximum absolute atomic E-state index is 14.0. The van der Waals surface area contributed by atoms with Crippen LogP contribution in [0.2, 0.25) is 0 Å². The Bertz CT molecular complexity index is 1910. The average Bonchev–Trinajstić information content (AvgIpc) is 3.26. The molecule has 0 aromatic rings. The van der Waals surface area contributed by atoms with Crippen molar-refractivity contribution >= 4 is 77.4 Å². The van der Waals surface area contributed by atoms with Gasteiger partial charge in [-0.2, -0.15) is 0 Å². The van der Waals surface area contributed by atoms with Crippen LogP contribution in [-0.2, 0) is 62.3 Å². The maximum Gasteiger partial charge on any atom is 0.362 e. The summed E-state index contributed by atoms with van der Waals surface area (Å²) in [6.07, 6.45) is -1.20. The van der Waals surface area contributed by atoms with Crippen LogP contribution in [0, 0.1) is 0 Å². The maximum atomic E-state index is 14.0. The largest absolute Gasteiger partial charge is 0.477 e. The van der Waals surface area contributed by atoms with E-state index in [0.717, 1.165) is 6.42 Å². The Morgan fingerprint density at radius 2 is 0.575 bits per heavy atom. The molecule has 30 nitrogen and oxygen atoms in total. The Labute approximate surface area is 418 Å². The van der Waals surface area contributed by atoms with Crippen LogP contribution in [0.1, 0.15) is 77.0 Å². The van der Waals surface area contributed by atoms with Gasteiger partial charge in [0.1, 0.15) is 0 Å². The van der Waals surface area contributed by atoms with Crippen LogP contribution < -0.4 is 20.4 Å². The number of amides is 4. The van der Waals surface area contributed by atoms with E-state index in [1.165, 1.54) is 19.6 Å². The van der Waals surface area contributed by atoms with Crippen molar-refractivity contribution < 1.29 is 129 Å². The molecule has 0 aromatic heterocycles. The molecule has 0 aromatic carbocycles. The van der Waals surface area contributed by atoms with Crippen molar-refractivity contribution in [3.8, 4) is 0 Å². The number of carbonyl (C=O) groups excluding carboxylic acids is 4. The molecule has 1 heterocycles. The highest BCUT2D eigenvalue weighted by atomic mass is 16.4. The molecule has 0 saturated carbocycles. The lowest BCUT2D eigenvalue weighted by Gasteiger charge is -2.33. The first-order valence-corrected chi connectivity index (χ1v) is 23.7. The SMILES string of the molecule is [NH3+]CCCCCC(=O)N1CCCN(C(=O)CC[C@@H](C(=O)O)[NH+](CC(=O)O)CC(=O)O)CCN(C(=O)CC[C@@H](C(=O)O)[NH+](CC(=O)O)CC(=O)O)CCCN(C(=O)CC[C@@H](C(=O)O)[NH+](CC(=O)O)CC(=O)O)CC1. The van der Waals surface area contributed by atoms with Gasteiger partial charge in [-0.25, -0.2) is 43.2 Å². The molecule has 1 aliphatic heterocycles. The summed E-state index contributed by atoms with van der Waals surface area (Å²) in [5.74, 6) is -16.2. The van der Waals surface area contributed by atoms with Crippen molar-refractivity contribution in [1.82, 2.24) is 19.6 Å². The van der Waals surface area contributed by atoms with Crippen LogP contribution in [0.3, 0.4) is 0 Å². The fourth-order valence-electron chi connectivity index (χ4n) is 8.50. The van der Waals surface area contributed by atoms with Crippen molar-refractivity contribution in [3.63, 3.8) is 0 Å². The van der Waals surface area contributed by atoms with Crippen molar-refractivity contribution in [2.24, 2.45) is 0 Å². The Balaban J connectivity index is 3.74. The van der Waals surface area contributed by atoms with Crippen LogP contribution in [0.15, 0.2) is 0 Å². The van der Waals surface area contributed by atoms with Crippen molar-refractivity contribution in [1.29, 1.82) is 0 Å². The molecule has 412 valence electrons. The van der Waals surface area contributed by atoms with E-state index in [-0.39, 0.29) is 87.3 Å². The highest BCUT2D eigenvalue weighted by molar-refractivity contribution is 5.81. The average molecular weight is 1050 g/mol. The number of rotatable bonds is 32. The van der Waals surface area contributed by atoms with Gasteiger partial charge in [-0.15, -0.1) is 0 Å². The summed E-state index contributed by atoms with van der Waals surface area (Å²) in [5, 5.41) is 86.1. The summed E-state index contributed by atoms with van der Waals surface area (Å²) in [7, 11) is 0. The first-order valence-electron chi connectivity index (χ1n) is 23.7. The van der Waals surface area contributed by atoms with Crippen molar-refractivity contribution in [2.75, 3.05) is 98.2 Å². The van der Waals surface area contributed by atoms with Gasteiger partial charge in [0, 0.05) is 97.3 Å². The number of nitrogens with zero attached hydrogens (tertiary/aromatic N) is 4. The molecule has 0 bridgehead atoms. The highest BCUT2D eigenvalue weighted by Gasteiger charge is 2.37. The summed E-state index contributed by atoms with van der Waals surface area (Å²) in [4.78, 5) is 166. The molecule has 1 aliphatic rings. The van der Waals surface area contributed by atoms with E-state index >= 15 is 0 Å². The minimum Gasteiger partial charge on any atom is -0.477 e. The van der Waals surface area contributed by atoms with Gasteiger partial charge in [0.2, 0.25) is 23.6 Å². The monoisotopic (exact) mass is 1050 g/mol. The number of quaternary nitrogens is 4. The number of hydrogen-bond donors (Lipinski definition) is 13. The van der Waals surface area contributed by atoms with E-state index in [4.69, 9.17) is 0 Å². The van der Waals surface area contributed by atoms with Gasteiger partial charge in [-0.1, -0.05) is 0 Å². The molecular formula is C43H72N8O22+4. The third-order valence-electron chi connectivity index (χ3n) is 12.1. The molecule has 0 unspecified atom stereocenters. The molecule has 3 atom stereocenters. The predicted molar refractivity (Wildman–Crippen MR) is 242 cm³/mol. The van der Waals surface area contributed by atoms with Crippen LogP contribution in [0.25, 0.3) is 0 Å². The summed E-state index contributed by atoms with van der Waals surface area (Å²) >= 11 is 0. The van der Waals surface area contributed by atoms with Gasteiger partial charge in [-0.05, 0) is 32.1 Å². The minimum atomic E-state index is -1.69. The zero-order valence-corrected chi connectivity index (χ0v) is 40.7. The van der Waals surface area contributed by atoms with Crippen LogP contribution in [0.4, 0.5) is 0 Å². The van der Waals surface area contributed by atoms with Crippen molar-refractivity contribution in [3.05, 3.63) is 0 Å². The van der Waals surface area contributed by atoms with E-state index in [9.17, 15) is 108 Å². The number of nitrogens with one attached hydrogen (secondary N) is 3. The molecule has 1 rings (SSSR count). The second-order valence-corrected chi connectivity index (χ2v) is 17.6. The van der Waals surface area contributed by atoms with Gasteiger partial charge >= 0.3 is 53.7 Å². The molecule has 0 radical (unpaired) electrons. The lowest BCUT2D eigenvalue weighted by Crippen LogP contribution is -3.18. The second-order valence-electron chi connectivity index (χ2n) is 17.6. The Morgan fingerprint density at radius 1 is 0.342 bits per heavy atom. The molecule has 0 aliphatic carbocycles. The second kappa shape index (κ2) is 33.6. The topological polar surface area (TPSA) is 458 Å². The number of carboxylic acid groups (broad SMARTS) is 9. The predicted octanol–water partition coefficient (Wildman–Crippen LogP) is -8.24. The Morgan fingerprint density at radius 3 is 0.781 bits per heavy atom. The minimum absolute atomic E-state index is 0.0125. The molecule has 1 fully saturated rings. The molecule has 0 spiro atoms. The van der Waals surface area contributed by atoms with Crippen LogP contribution >= 0.6 is 0 Å². The van der Waals surface area contributed by atoms with Gasteiger partial charge < -0.3 is 86.0 Å². The molecule has 1 saturated heterocycles. The molecule has 15 N–H and O–H groups in total. The van der Waals surface area contributed by atoms with Gasteiger partial charge in [-0.3, -0.25) is 19.2 Å². The van der Waals surface area contributed by atoms with E-state index in [1.807, 2.05) is 0 Å². The number of unbranched alkanes of at least 4 members (excludes halogenated alkanes) is 2. The zero-order chi connectivity index (χ0) is 55.4. The molecule has 30 heteroatoms. The molecule has 73 heavy (non-hydrogen) atoms. The fraction of sp³-hybridized carbons (Fsp3) is 0.698. The number of carbonyl (C=O) groups is 13. The van der Waals surface area contributed by atoms with E-state index < -0.39 is 172 Å². The van der Waals surface area contributed by atoms with Gasteiger partial charge in [0.15, 0.2) is 57.4 Å². The van der Waals surface area contributed by atoms with E-state index in [0.29, 0.717) is 19.4 Å². The highest BCUT2D eigenvalue weighted by Crippen LogP contribution is 2.12. The fourth-order valence-corrected chi connectivity index (χ4v) is 8.50. The van der Waals surface area contributed by atoms with E-state index in [2.05, 4.69) is 5.73 Å². The van der Waals surface area contributed by atoms with Crippen LogP contribution in [0.5, 0.6) is 0 Å². The zero-order valence-electron chi connectivity index (χ0n) is 40.7. The number of aliphatic carboxylic acids is 9. The van der Waals surface area contributed by atoms with Gasteiger partial charge in [0.25, 0.3) is 0 Å². The van der Waals surface area contributed by atoms with Gasteiger partial charge in [0.05, 0.1) is 6.54 Å². The number of carboxylic acids is 9. The third-order valence-corrected chi connectivity index (χ3v) is 12.1. The smallest absolute Gasteiger partial charge is 0.362 e. The lowest BCUT2D eigenvalue weighted by molar-refractivity contribution is -0.902. The lowest BCUT2D eigenvalue weighted by atomic mass is 10.1. The normalized spacial score (nSPS) is 15.2. The summed E-state index contributed by atoms with van der Waals surface area (Å²) in [6, 6.07) is -5.00. The number of hydrogen-bond acceptors (Lipinski definition) is 13. The van der Waals surface area contributed by atoms with Crippen molar-refractivity contribution in [2.45, 2.75) is 95.2 Å². The Kier molecular flexibility index (Phi) is 29.4. The summed E-state index contributed by atoms with van der Waals surface area (Å²) in [6.45, 7) is -6.17. The molecular weight excluding hydrogens is 981 g/mol. The standard InChI is InChI=1S/C43H68N8O22/c44-13-3-1-2-6-31(52)45-14-4-15-47(33(54)11-8-29(42(70)71)50(24-37(60)61)25-38(62)63)20-21-48(34(55)12-9-30(43(72)73)51(26-39(64)65)27-40(66)67)17-5-16-46(19-18-45)32(53)10-7-28(41(68)69)49(22-35(56)57)23-36(58)59/h28-30H,1-27,44H2,(H,56,57)(H,58,59)(H,60,61)(H,62,63)(H,64,65)(H,66,67)(H,68,69)(H,70,71)(H,72,73)/p+4/t28-,29-,30-/m0/s1. The Hall–Kier alpha value is -7.05. The first-order chi connectivity index (χ1) is 34.3. The first kappa shape index (κ1) is 64.0. The summed E-state index contributed by atoms with van der Waals surface area (Å²) in [5.41, 5.74) is 3.80. The van der Waals surface area contributed by atoms with Crippen LogP contribution in [-0.4, -0.2) is 259 Å². The quantitative estimate of drug-likeness (QED) is 0.0278. The summed E-state index contributed by atoms with van der Waals surface area (Å²) < 4.78 is 0. The molecule has 4 amide bonds.